The third-order valence-corrected chi connectivity index (χ3v) is 3.91. The van der Waals surface area contributed by atoms with Crippen molar-refractivity contribution in [3.63, 3.8) is 0 Å². The van der Waals surface area contributed by atoms with E-state index in [0.717, 1.165) is 20.5 Å². The largest absolute Gasteiger partial charge is 0.472 e. The summed E-state index contributed by atoms with van der Waals surface area (Å²) in [6.07, 6.45) is 3.23. The van der Waals surface area contributed by atoms with E-state index < -0.39 is 0 Å². The molecule has 0 amide bonds. The molecule has 1 unspecified atom stereocenters. The molecule has 0 fully saturated rings. The van der Waals surface area contributed by atoms with Crippen LogP contribution in [0.5, 0.6) is 0 Å². The van der Waals surface area contributed by atoms with Crippen molar-refractivity contribution in [1.82, 2.24) is 0 Å². The molecule has 0 spiro atoms. The molecule has 0 aliphatic heterocycles. The number of rotatable bonds is 2. The minimum atomic E-state index is -0.223. The number of hydrogen-bond acceptors (Lipinski definition) is 3. The van der Waals surface area contributed by atoms with Crippen LogP contribution < -0.4 is 5.73 Å². The summed E-state index contributed by atoms with van der Waals surface area (Å²) in [5, 5.41) is 0.893. The van der Waals surface area contributed by atoms with Crippen LogP contribution in [0, 0.1) is 5.82 Å². The summed E-state index contributed by atoms with van der Waals surface area (Å²) in [7, 11) is 0. The van der Waals surface area contributed by atoms with Crippen LogP contribution in [0.1, 0.15) is 16.5 Å². The Morgan fingerprint density at radius 1 is 1.24 bits per heavy atom. The summed E-state index contributed by atoms with van der Waals surface area (Å²) >= 11 is 1.58. The second-order valence-corrected chi connectivity index (χ2v) is 4.98. The van der Waals surface area contributed by atoms with Crippen molar-refractivity contribution in [3.05, 3.63) is 59.1 Å². The molecular weight excluding hydrogens is 237 g/mol. The molecule has 86 valence electrons. The van der Waals surface area contributed by atoms with Crippen LogP contribution in [0.25, 0.3) is 10.1 Å². The second-order valence-electron chi connectivity index (χ2n) is 3.87. The normalized spacial score (nSPS) is 13.1. The fourth-order valence-electron chi connectivity index (χ4n) is 1.80. The lowest BCUT2D eigenvalue weighted by Crippen LogP contribution is -2.08. The molecule has 0 saturated heterocycles. The summed E-state index contributed by atoms with van der Waals surface area (Å²) < 4.78 is 19.1. The van der Waals surface area contributed by atoms with Crippen molar-refractivity contribution < 1.29 is 8.81 Å². The molecule has 4 heteroatoms. The minimum Gasteiger partial charge on any atom is -0.472 e. The fraction of sp³-hybridized carbons (Fsp3) is 0.0769. The molecule has 2 nitrogen and oxygen atoms in total. The average Bonchev–Trinajstić information content (AvgIpc) is 2.96. The molecule has 2 aromatic heterocycles. The topological polar surface area (TPSA) is 39.2 Å². The van der Waals surface area contributed by atoms with Gasteiger partial charge in [0, 0.05) is 15.1 Å². The molecule has 2 N–H and O–H groups in total. The predicted molar refractivity (Wildman–Crippen MR) is 66.5 cm³/mol. The van der Waals surface area contributed by atoms with Crippen LogP contribution in [0.3, 0.4) is 0 Å². The van der Waals surface area contributed by atoms with Gasteiger partial charge >= 0.3 is 0 Å². The SMILES string of the molecule is NC(c1ccoc1)c1cc2cc(F)ccc2s1. The van der Waals surface area contributed by atoms with E-state index in [2.05, 4.69) is 0 Å². The number of benzene rings is 1. The highest BCUT2D eigenvalue weighted by Gasteiger charge is 2.13. The highest BCUT2D eigenvalue weighted by atomic mass is 32.1. The van der Waals surface area contributed by atoms with Gasteiger partial charge in [0.05, 0.1) is 18.6 Å². The quantitative estimate of drug-likeness (QED) is 0.750. The first kappa shape index (κ1) is 10.5. The maximum Gasteiger partial charge on any atom is 0.123 e. The van der Waals surface area contributed by atoms with Crippen molar-refractivity contribution in [2.75, 3.05) is 0 Å². The van der Waals surface area contributed by atoms with Gasteiger partial charge in [-0.15, -0.1) is 11.3 Å². The standard InChI is InChI=1S/C13H10FNOS/c14-10-1-2-11-9(5-10)6-12(17-11)13(15)8-3-4-16-7-8/h1-7,13H,15H2. The first-order chi connectivity index (χ1) is 8.24. The molecule has 0 aliphatic rings. The highest BCUT2D eigenvalue weighted by Crippen LogP contribution is 2.32. The fourth-order valence-corrected chi connectivity index (χ4v) is 2.88. The lowest BCUT2D eigenvalue weighted by molar-refractivity contribution is 0.562. The predicted octanol–water partition coefficient (Wildman–Crippen LogP) is 3.68. The first-order valence-electron chi connectivity index (χ1n) is 5.21. The van der Waals surface area contributed by atoms with E-state index in [1.807, 2.05) is 12.1 Å². The molecule has 3 aromatic rings. The van der Waals surface area contributed by atoms with Gasteiger partial charge in [-0.3, -0.25) is 0 Å². The van der Waals surface area contributed by atoms with E-state index >= 15 is 0 Å². The molecule has 1 aromatic carbocycles. The van der Waals surface area contributed by atoms with E-state index in [1.54, 1.807) is 29.9 Å². The van der Waals surface area contributed by atoms with Gasteiger partial charge in [-0.1, -0.05) is 0 Å². The molecular formula is C13H10FNOS. The Balaban J connectivity index is 2.06. The molecule has 0 bridgehead atoms. The van der Waals surface area contributed by atoms with Crippen LogP contribution in [-0.4, -0.2) is 0 Å². The Kier molecular flexibility index (Phi) is 2.46. The number of nitrogens with two attached hydrogens (primary N) is 1. The number of furan rings is 1. The van der Waals surface area contributed by atoms with Crippen molar-refractivity contribution >= 4 is 21.4 Å². The summed E-state index contributed by atoms with van der Waals surface area (Å²) in [4.78, 5) is 1.01. The number of hydrogen-bond donors (Lipinski definition) is 1. The second kappa shape index (κ2) is 3.98. The van der Waals surface area contributed by atoms with Gasteiger partial charge in [-0.2, -0.15) is 0 Å². The number of halogens is 1. The first-order valence-corrected chi connectivity index (χ1v) is 6.02. The zero-order chi connectivity index (χ0) is 11.8. The maximum atomic E-state index is 13.1. The number of fused-ring (bicyclic) bond motifs is 1. The van der Waals surface area contributed by atoms with Crippen molar-refractivity contribution in [2.45, 2.75) is 6.04 Å². The number of thiophene rings is 1. The summed E-state index contributed by atoms with van der Waals surface area (Å²) in [6.45, 7) is 0. The Hall–Kier alpha value is -1.65. The summed E-state index contributed by atoms with van der Waals surface area (Å²) in [5.74, 6) is -0.223. The Morgan fingerprint density at radius 3 is 2.88 bits per heavy atom. The molecule has 17 heavy (non-hydrogen) atoms. The van der Waals surface area contributed by atoms with Crippen LogP contribution in [-0.2, 0) is 0 Å². The van der Waals surface area contributed by atoms with E-state index in [1.165, 1.54) is 12.1 Å². The van der Waals surface area contributed by atoms with Gasteiger partial charge in [0.25, 0.3) is 0 Å². The van der Waals surface area contributed by atoms with Crippen LogP contribution >= 0.6 is 11.3 Å². The van der Waals surface area contributed by atoms with E-state index in [9.17, 15) is 4.39 Å². The van der Waals surface area contributed by atoms with Crippen molar-refractivity contribution in [3.8, 4) is 0 Å². The molecule has 3 rings (SSSR count). The Bertz CT molecular complexity index is 645. The van der Waals surface area contributed by atoms with E-state index in [-0.39, 0.29) is 11.9 Å². The Morgan fingerprint density at radius 2 is 2.12 bits per heavy atom. The minimum absolute atomic E-state index is 0.214. The lowest BCUT2D eigenvalue weighted by atomic mass is 10.1. The average molecular weight is 247 g/mol. The van der Waals surface area contributed by atoms with E-state index in [0.29, 0.717) is 0 Å². The molecule has 0 saturated carbocycles. The van der Waals surface area contributed by atoms with E-state index in [4.69, 9.17) is 10.2 Å². The smallest absolute Gasteiger partial charge is 0.123 e. The summed E-state index contributed by atoms with van der Waals surface area (Å²) in [6, 6.07) is 8.33. The van der Waals surface area contributed by atoms with Gasteiger partial charge < -0.3 is 10.2 Å². The Labute approximate surface area is 101 Å². The third-order valence-electron chi connectivity index (χ3n) is 2.71. The molecule has 0 radical (unpaired) electrons. The van der Waals surface area contributed by atoms with Gasteiger partial charge in [-0.25, -0.2) is 4.39 Å². The van der Waals surface area contributed by atoms with Crippen LogP contribution in [0.2, 0.25) is 0 Å². The van der Waals surface area contributed by atoms with Crippen molar-refractivity contribution in [1.29, 1.82) is 0 Å². The molecule has 0 aliphatic carbocycles. The zero-order valence-corrected chi connectivity index (χ0v) is 9.71. The monoisotopic (exact) mass is 247 g/mol. The highest BCUT2D eigenvalue weighted by molar-refractivity contribution is 7.19. The van der Waals surface area contributed by atoms with Gasteiger partial charge in [0.1, 0.15) is 5.82 Å². The molecule has 1 atom stereocenters. The van der Waals surface area contributed by atoms with Crippen LogP contribution in [0.4, 0.5) is 4.39 Å². The van der Waals surface area contributed by atoms with Gasteiger partial charge in [0.2, 0.25) is 0 Å². The van der Waals surface area contributed by atoms with Crippen molar-refractivity contribution in [2.24, 2.45) is 5.73 Å². The summed E-state index contributed by atoms with van der Waals surface area (Å²) in [5.41, 5.74) is 7.05. The van der Waals surface area contributed by atoms with Gasteiger partial charge in [0.15, 0.2) is 0 Å². The third kappa shape index (κ3) is 1.85. The zero-order valence-electron chi connectivity index (χ0n) is 8.89. The molecule has 2 heterocycles. The lowest BCUT2D eigenvalue weighted by Gasteiger charge is -2.04. The van der Waals surface area contributed by atoms with Gasteiger partial charge in [-0.05, 0) is 35.7 Å². The van der Waals surface area contributed by atoms with Crippen LogP contribution in [0.15, 0.2) is 47.3 Å². The maximum absolute atomic E-state index is 13.1.